The Hall–Kier alpha value is -1.51. The first-order valence-electron chi connectivity index (χ1n) is 6.58. The van der Waals surface area contributed by atoms with Crippen LogP contribution >= 0.6 is 0 Å². The second-order valence-electron chi connectivity index (χ2n) is 6.14. The fourth-order valence-electron chi connectivity index (χ4n) is 2.20. The lowest BCUT2D eigenvalue weighted by Gasteiger charge is -2.25. The molecule has 0 radical (unpaired) electrons. The molecule has 106 valence electrons. The predicted octanol–water partition coefficient (Wildman–Crippen LogP) is 3.56. The maximum absolute atomic E-state index is 11.1. The molecule has 1 aromatic rings. The van der Waals surface area contributed by atoms with Crippen molar-refractivity contribution in [3.8, 4) is 5.75 Å². The highest BCUT2D eigenvalue weighted by atomic mass is 16.5. The molecule has 3 heteroatoms. The van der Waals surface area contributed by atoms with E-state index in [1.807, 2.05) is 13.0 Å². The minimum atomic E-state index is -0.775. The molecule has 0 amide bonds. The van der Waals surface area contributed by atoms with E-state index in [9.17, 15) is 4.79 Å². The molecule has 0 heterocycles. The second-order valence-corrected chi connectivity index (χ2v) is 6.14. The molecule has 1 rings (SSSR count). The van der Waals surface area contributed by atoms with E-state index in [0.717, 1.165) is 22.4 Å². The highest BCUT2D eigenvalue weighted by Crippen LogP contribution is 2.36. The van der Waals surface area contributed by atoms with Gasteiger partial charge >= 0.3 is 5.97 Å². The number of rotatable bonds is 4. The molecular weight excluding hydrogens is 240 g/mol. The number of hydrogen-bond acceptors (Lipinski definition) is 2. The van der Waals surface area contributed by atoms with Crippen LogP contribution in [0.15, 0.2) is 12.1 Å². The smallest absolute Gasteiger partial charge is 0.306 e. The van der Waals surface area contributed by atoms with Crippen LogP contribution < -0.4 is 4.74 Å². The molecule has 0 fully saturated rings. The average Bonchev–Trinajstić information content (AvgIpc) is 2.29. The lowest BCUT2D eigenvalue weighted by molar-refractivity contribution is -0.141. The lowest BCUT2D eigenvalue weighted by Crippen LogP contribution is -2.17. The number of benzene rings is 1. The third-order valence-corrected chi connectivity index (χ3v) is 3.44. The Kier molecular flexibility index (Phi) is 4.61. The molecule has 0 aliphatic rings. The van der Waals surface area contributed by atoms with Gasteiger partial charge in [0, 0.05) is 0 Å². The summed E-state index contributed by atoms with van der Waals surface area (Å²) in [7, 11) is 1.65. The Morgan fingerprint density at radius 2 is 1.95 bits per heavy atom. The van der Waals surface area contributed by atoms with Gasteiger partial charge in [-0.3, -0.25) is 4.79 Å². The van der Waals surface area contributed by atoms with E-state index in [4.69, 9.17) is 9.84 Å². The van der Waals surface area contributed by atoms with Crippen LogP contribution in [0.4, 0.5) is 0 Å². The van der Waals surface area contributed by atoms with Gasteiger partial charge in [-0.2, -0.15) is 0 Å². The van der Waals surface area contributed by atoms with Crippen molar-refractivity contribution >= 4 is 5.97 Å². The summed E-state index contributed by atoms with van der Waals surface area (Å²) in [5.74, 6) is -0.356. The molecule has 3 nitrogen and oxygen atoms in total. The fourth-order valence-corrected chi connectivity index (χ4v) is 2.20. The van der Waals surface area contributed by atoms with Crippen LogP contribution in [0, 0.1) is 12.8 Å². The topological polar surface area (TPSA) is 46.5 Å². The van der Waals surface area contributed by atoms with E-state index in [1.54, 1.807) is 14.0 Å². The van der Waals surface area contributed by atoms with Gasteiger partial charge < -0.3 is 9.84 Å². The molecule has 1 N–H and O–H groups in total. The number of carboxylic acids is 1. The van der Waals surface area contributed by atoms with Crippen molar-refractivity contribution in [3.05, 3.63) is 28.8 Å². The van der Waals surface area contributed by atoms with E-state index < -0.39 is 11.9 Å². The summed E-state index contributed by atoms with van der Waals surface area (Å²) < 4.78 is 5.57. The van der Waals surface area contributed by atoms with Crippen LogP contribution in [0.2, 0.25) is 0 Å². The summed E-state index contributed by atoms with van der Waals surface area (Å²) >= 11 is 0. The monoisotopic (exact) mass is 264 g/mol. The Balaban J connectivity index is 3.33. The number of ether oxygens (including phenoxy) is 1. The summed E-state index contributed by atoms with van der Waals surface area (Å²) in [4.78, 5) is 11.1. The number of aryl methyl sites for hydroxylation is 1. The van der Waals surface area contributed by atoms with E-state index in [1.165, 1.54) is 0 Å². The van der Waals surface area contributed by atoms with Gasteiger partial charge in [0.05, 0.1) is 13.0 Å². The zero-order valence-electron chi connectivity index (χ0n) is 12.7. The first-order valence-corrected chi connectivity index (χ1v) is 6.58. The standard InChI is InChI=1S/C16H24O3/c1-10-7-8-13(16(3,4)5)14(19-6)12(10)9-11(2)15(17)18/h7-8,11H,9H2,1-6H3,(H,17,18). The van der Waals surface area contributed by atoms with Crippen LogP contribution in [0.3, 0.4) is 0 Å². The predicted molar refractivity (Wildman–Crippen MR) is 76.9 cm³/mol. The molecule has 0 saturated carbocycles. The molecule has 0 aliphatic heterocycles. The van der Waals surface area contributed by atoms with Gasteiger partial charge in [0.25, 0.3) is 0 Å². The van der Waals surface area contributed by atoms with Crippen LogP contribution in [-0.2, 0) is 16.6 Å². The van der Waals surface area contributed by atoms with Crippen molar-refractivity contribution < 1.29 is 14.6 Å². The molecule has 0 aliphatic carbocycles. The number of carboxylic acid groups (broad SMARTS) is 1. The normalized spacial score (nSPS) is 13.2. The summed E-state index contributed by atoms with van der Waals surface area (Å²) in [6.45, 7) is 10.1. The van der Waals surface area contributed by atoms with Gasteiger partial charge in [0.15, 0.2) is 0 Å². The van der Waals surface area contributed by atoms with Crippen molar-refractivity contribution in [2.45, 2.75) is 46.5 Å². The van der Waals surface area contributed by atoms with Gasteiger partial charge in [-0.05, 0) is 35.4 Å². The third kappa shape index (κ3) is 3.49. The summed E-state index contributed by atoms with van der Waals surface area (Å²) in [6.07, 6.45) is 0.494. The number of methoxy groups -OCH3 is 1. The van der Waals surface area contributed by atoms with Gasteiger partial charge in [-0.15, -0.1) is 0 Å². The van der Waals surface area contributed by atoms with Gasteiger partial charge in [0.1, 0.15) is 5.75 Å². The van der Waals surface area contributed by atoms with Gasteiger partial charge in [0.2, 0.25) is 0 Å². The van der Waals surface area contributed by atoms with Crippen LogP contribution in [0.25, 0.3) is 0 Å². The fraction of sp³-hybridized carbons (Fsp3) is 0.562. The van der Waals surface area contributed by atoms with Crippen LogP contribution in [0.1, 0.15) is 44.4 Å². The minimum Gasteiger partial charge on any atom is -0.496 e. The first kappa shape index (κ1) is 15.5. The van der Waals surface area contributed by atoms with Crippen molar-refractivity contribution in [3.63, 3.8) is 0 Å². The molecule has 19 heavy (non-hydrogen) atoms. The van der Waals surface area contributed by atoms with E-state index >= 15 is 0 Å². The molecule has 0 saturated heterocycles. The van der Waals surface area contributed by atoms with Crippen LogP contribution in [0.5, 0.6) is 5.75 Å². The lowest BCUT2D eigenvalue weighted by atomic mass is 9.83. The van der Waals surface area contributed by atoms with Crippen molar-refractivity contribution in [1.29, 1.82) is 0 Å². The Morgan fingerprint density at radius 1 is 1.37 bits per heavy atom. The number of hydrogen-bond donors (Lipinski definition) is 1. The quantitative estimate of drug-likeness (QED) is 0.904. The van der Waals surface area contributed by atoms with Crippen molar-refractivity contribution in [2.75, 3.05) is 7.11 Å². The maximum atomic E-state index is 11.1. The van der Waals surface area contributed by atoms with E-state index in [-0.39, 0.29) is 5.41 Å². The maximum Gasteiger partial charge on any atom is 0.306 e. The molecule has 0 bridgehead atoms. The van der Waals surface area contributed by atoms with E-state index in [0.29, 0.717) is 6.42 Å². The molecule has 1 unspecified atom stereocenters. The zero-order chi connectivity index (χ0) is 14.8. The highest BCUT2D eigenvalue weighted by Gasteiger charge is 2.24. The number of aliphatic carboxylic acids is 1. The second kappa shape index (κ2) is 5.64. The molecular formula is C16H24O3. The summed E-state index contributed by atoms with van der Waals surface area (Å²) in [5, 5.41) is 9.09. The Morgan fingerprint density at radius 3 is 2.37 bits per heavy atom. The summed E-state index contributed by atoms with van der Waals surface area (Å²) in [6, 6.07) is 4.12. The highest BCUT2D eigenvalue weighted by molar-refractivity contribution is 5.70. The molecule has 0 aromatic heterocycles. The van der Waals surface area contributed by atoms with Crippen molar-refractivity contribution in [2.24, 2.45) is 5.92 Å². The number of carbonyl (C=O) groups is 1. The Bertz CT molecular complexity index is 470. The average molecular weight is 264 g/mol. The van der Waals surface area contributed by atoms with E-state index in [2.05, 4.69) is 26.8 Å². The first-order chi connectivity index (χ1) is 8.68. The van der Waals surface area contributed by atoms with Crippen LogP contribution in [-0.4, -0.2) is 18.2 Å². The largest absolute Gasteiger partial charge is 0.496 e. The van der Waals surface area contributed by atoms with Crippen molar-refractivity contribution in [1.82, 2.24) is 0 Å². The molecule has 1 atom stereocenters. The van der Waals surface area contributed by atoms with Gasteiger partial charge in [-0.25, -0.2) is 0 Å². The molecule has 1 aromatic carbocycles. The molecule has 0 spiro atoms. The zero-order valence-corrected chi connectivity index (χ0v) is 12.7. The third-order valence-electron chi connectivity index (χ3n) is 3.44. The van der Waals surface area contributed by atoms with Gasteiger partial charge in [-0.1, -0.05) is 39.8 Å². The minimum absolute atomic E-state index is 0.0275. The Labute approximate surface area is 115 Å². The summed E-state index contributed by atoms with van der Waals surface area (Å²) in [5.41, 5.74) is 3.18. The SMILES string of the molecule is COc1c(C(C)(C)C)ccc(C)c1CC(C)C(=O)O.